The first-order valence-corrected chi connectivity index (χ1v) is 4.40. The number of rotatable bonds is 3. The van der Waals surface area contributed by atoms with E-state index < -0.39 is 12.1 Å². The number of carboxylic acids is 1. The Morgan fingerprint density at radius 3 is 2.92 bits per heavy atom. The minimum atomic E-state index is -1.35. The average Bonchev–Trinajstić information content (AvgIpc) is 2.04. The molecule has 1 atom stereocenters. The van der Waals surface area contributed by atoms with Crippen molar-refractivity contribution in [2.24, 2.45) is 0 Å². The summed E-state index contributed by atoms with van der Waals surface area (Å²) in [5.74, 6) is -1.21. The Bertz CT molecular complexity index is 316. The lowest BCUT2D eigenvalue weighted by Crippen LogP contribution is -2.21. The van der Waals surface area contributed by atoms with Crippen molar-refractivity contribution in [3.63, 3.8) is 0 Å². The predicted molar refractivity (Wildman–Crippen MR) is 49.3 cm³/mol. The maximum Gasteiger partial charge on any atom is 0.332 e. The van der Waals surface area contributed by atoms with E-state index in [0.29, 0.717) is 4.60 Å². The second-order valence-electron chi connectivity index (χ2n) is 2.54. The van der Waals surface area contributed by atoms with E-state index in [1.165, 1.54) is 0 Å². The van der Waals surface area contributed by atoms with Crippen molar-refractivity contribution in [3.05, 3.63) is 28.5 Å². The Morgan fingerprint density at radius 1 is 1.69 bits per heavy atom. The molecule has 0 aromatic carbocycles. The molecule has 1 aromatic rings. The van der Waals surface area contributed by atoms with E-state index in [2.05, 4.69) is 20.9 Å². The van der Waals surface area contributed by atoms with Gasteiger partial charge in [-0.15, -0.1) is 0 Å². The number of halogens is 1. The molecule has 5 heteroatoms. The molecular weight excluding hydrogens is 238 g/mol. The molecule has 0 amide bonds. The molecule has 0 saturated carbocycles. The second kappa shape index (κ2) is 4.34. The number of aliphatic hydroxyl groups is 1. The maximum absolute atomic E-state index is 10.3. The van der Waals surface area contributed by atoms with Gasteiger partial charge in [-0.25, -0.2) is 9.78 Å². The molecule has 13 heavy (non-hydrogen) atoms. The molecule has 1 aromatic heterocycles. The van der Waals surface area contributed by atoms with Gasteiger partial charge in [0.2, 0.25) is 0 Å². The van der Waals surface area contributed by atoms with Crippen molar-refractivity contribution in [1.82, 2.24) is 4.98 Å². The van der Waals surface area contributed by atoms with Crippen LogP contribution < -0.4 is 0 Å². The smallest absolute Gasteiger partial charge is 0.332 e. The molecular formula is C8H8BrNO3. The quantitative estimate of drug-likeness (QED) is 0.775. The van der Waals surface area contributed by atoms with Gasteiger partial charge in [-0.3, -0.25) is 0 Å². The lowest BCUT2D eigenvalue weighted by atomic mass is 10.1. The zero-order chi connectivity index (χ0) is 9.84. The van der Waals surface area contributed by atoms with Crippen LogP contribution >= 0.6 is 15.9 Å². The van der Waals surface area contributed by atoms with Gasteiger partial charge in [-0.1, -0.05) is 0 Å². The van der Waals surface area contributed by atoms with Crippen LogP contribution in [0.1, 0.15) is 5.56 Å². The van der Waals surface area contributed by atoms with Crippen molar-refractivity contribution in [3.8, 4) is 0 Å². The zero-order valence-corrected chi connectivity index (χ0v) is 8.23. The first-order valence-electron chi connectivity index (χ1n) is 3.61. The normalized spacial score (nSPS) is 12.5. The van der Waals surface area contributed by atoms with Gasteiger partial charge in [-0.05, 0) is 33.6 Å². The van der Waals surface area contributed by atoms with E-state index in [4.69, 9.17) is 10.2 Å². The van der Waals surface area contributed by atoms with Crippen molar-refractivity contribution < 1.29 is 15.0 Å². The summed E-state index contributed by atoms with van der Waals surface area (Å²) < 4.78 is 0.627. The molecule has 0 spiro atoms. The second-order valence-corrected chi connectivity index (χ2v) is 3.36. The minimum Gasteiger partial charge on any atom is -0.479 e. The fourth-order valence-electron chi connectivity index (χ4n) is 0.880. The van der Waals surface area contributed by atoms with E-state index in [9.17, 15) is 4.79 Å². The van der Waals surface area contributed by atoms with Crippen molar-refractivity contribution in [1.29, 1.82) is 0 Å². The van der Waals surface area contributed by atoms with Crippen LogP contribution in [0.15, 0.2) is 22.9 Å². The highest BCUT2D eigenvalue weighted by molar-refractivity contribution is 9.10. The van der Waals surface area contributed by atoms with Gasteiger partial charge < -0.3 is 10.2 Å². The predicted octanol–water partition coefficient (Wildman–Crippen LogP) is 0.832. The monoisotopic (exact) mass is 245 g/mol. The van der Waals surface area contributed by atoms with Crippen LogP contribution in [0.5, 0.6) is 0 Å². The number of carbonyl (C=O) groups is 1. The molecule has 2 N–H and O–H groups in total. The van der Waals surface area contributed by atoms with Crippen LogP contribution in [-0.2, 0) is 11.2 Å². The Hall–Kier alpha value is -0.940. The van der Waals surface area contributed by atoms with Crippen LogP contribution in [0.4, 0.5) is 0 Å². The summed E-state index contributed by atoms with van der Waals surface area (Å²) in [4.78, 5) is 14.2. The maximum atomic E-state index is 10.3. The average molecular weight is 246 g/mol. The third kappa shape index (κ3) is 3.12. The van der Waals surface area contributed by atoms with Crippen molar-refractivity contribution in [2.75, 3.05) is 0 Å². The first-order chi connectivity index (χ1) is 6.09. The Balaban J connectivity index is 2.69. The summed E-state index contributed by atoms with van der Waals surface area (Å²) in [7, 11) is 0. The Morgan fingerprint density at radius 2 is 2.38 bits per heavy atom. The fraction of sp³-hybridized carbons (Fsp3) is 0.250. The van der Waals surface area contributed by atoms with Gasteiger partial charge in [0.15, 0.2) is 6.10 Å². The summed E-state index contributed by atoms with van der Waals surface area (Å²) in [6, 6.07) is 3.34. The fourth-order valence-corrected chi connectivity index (χ4v) is 1.29. The first kappa shape index (κ1) is 10.1. The molecule has 1 unspecified atom stereocenters. The SMILES string of the molecule is O=C(O)C(O)Cc1ccnc(Br)c1. The summed E-state index contributed by atoms with van der Waals surface area (Å²) in [5, 5.41) is 17.5. The van der Waals surface area contributed by atoms with Gasteiger partial charge in [0.25, 0.3) is 0 Å². The molecule has 0 aliphatic rings. The van der Waals surface area contributed by atoms with E-state index in [1.807, 2.05) is 0 Å². The number of hydrogen-bond acceptors (Lipinski definition) is 3. The summed E-state index contributed by atoms with van der Waals surface area (Å²) in [6.45, 7) is 0. The summed E-state index contributed by atoms with van der Waals surface area (Å²) in [5.41, 5.74) is 0.733. The zero-order valence-electron chi connectivity index (χ0n) is 6.64. The Kier molecular flexibility index (Phi) is 3.39. The number of hydrogen-bond donors (Lipinski definition) is 2. The summed E-state index contributed by atoms with van der Waals surface area (Å²) >= 11 is 3.15. The minimum absolute atomic E-state index is 0.0937. The number of aromatic nitrogens is 1. The van der Waals surface area contributed by atoms with Crippen LogP contribution in [0.3, 0.4) is 0 Å². The lowest BCUT2D eigenvalue weighted by Gasteiger charge is -2.04. The largest absolute Gasteiger partial charge is 0.479 e. The number of aliphatic hydroxyl groups excluding tert-OH is 1. The van der Waals surface area contributed by atoms with E-state index in [1.54, 1.807) is 18.3 Å². The number of nitrogens with zero attached hydrogens (tertiary/aromatic N) is 1. The molecule has 70 valence electrons. The molecule has 0 aliphatic heterocycles. The highest BCUT2D eigenvalue weighted by Gasteiger charge is 2.13. The molecule has 0 fully saturated rings. The molecule has 0 radical (unpaired) electrons. The van der Waals surface area contributed by atoms with Crippen LogP contribution in [-0.4, -0.2) is 27.3 Å². The Labute approximate surface area is 83.4 Å². The number of carboxylic acid groups (broad SMARTS) is 1. The van der Waals surface area contributed by atoms with Gasteiger partial charge >= 0.3 is 5.97 Å². The molecule has 1 heterocycles. The number of pyridine rings is 1. The van der Waals surface area contributed by atoms with Crippen LogP contribution in [0.2, 0.25) is 0 Å². The highest BCUT2D eigenvalue weighted by Crippen LogP contribution is 2.09. The van der Waals surface area contributed by atoms with E-state index >= 15 is 0 Å². The third-order valence-electron chi connectivity index (χ3n) is 1.51. The molecule has 0 aliphatic carbocycles. The summed E-state index contributed by atoms with van der Waals surface area (Å²) in [6.07, 6.45) is 0.291. The van der Waals surface area contributed by atoms with Gasteiger partial charge in [0.1, 0.15) is 4.60 Å². The topological polar surface area (TPSA) is 70.4 Å². The van der Waals surface area contributed by atoms with Crippen molar-refractivity contribution >= 4 is 21.9 Å². The van der Waals surface area contributed by atoms with Gasteiger partial charge in [0.05, 0.1) is 0 Å². The molecule has 0 saturated heterocycles. The van der Waals surface area contributed by atoms with Crippen LogP contribution in [0, 0.1) is 0 Å². The van der Waals surface area contributed by atoms with E-state index in [-0.39, 0.29) is 6.42 Å². The standard InChI is InChI=1S/C8H8BrNO3/c9-7-4-5(1-2-10-7)3-6(11)8(12)13/h1-2,4,6,11H,3H2,(H,12,13). The van der Waals surface area contributed by atoms with Crippen LogP contribution in [0.25, 0.3) is 0 Å². The van der Waals surface area contributed by atoms with E-state index in [0.717, 1.165) is 5.56 Å². The highest BCUT2D eigenvalue weighted by atomic mass is 79.9. The lowest BCUT2D eigenvalue weighted by molar-refractivity contribution is -0.146. The van der Waals surface area contributed by atoms with Gasteiger partial charge in [-0.2, -0.15) is 0 Å². The molecule has 4 nitrogen and oxygen atoms in total. The third-order valence-corrected chi connectivity index (χ3v) is 1.94. The van der Waals surface area contributed by atoms with Crippen molar-refractivity contribution in [2.45, 2.75) is 12.5 Å². The number of aliphatic carboxylic acids is 1. The van der Waals surface area contributed by atoms with Gasteiger partial charge in [0, 0.05) is 12.6 Å². The molecule has 0 bridgehead atoms. The molecule has 1 rings (SSSR count).